The third-order valence-electron chi connectivity index (χ3n) is 5.03. The van der Waals surface area contributed by atoms with Crippen molar-refractivity contribution in [3.63, 3.8) is 0 Å². The van der Waals surface area contributed by atoms with Crippen LogP contribution in [-0.4, -0.2) is 34.8 Å². The molecule has 0 bridgehead atoms. The summed E-state index contributed by atoms with van der Waals surface area (Å²) in [6.45, 7) is 4.11. The van der Waals surface area contributed by atoms with Crippen molar-refractivity contribution >= 4 is 33.5 Å². The number of rotatable bonds is 5. The van der Waals surface area contributed by atoms with Gasteiger partial charge in [0, 0.05) is 19.7 Å². The molecule has 1 aromatic carbocycles. The largest absolute Gasteiger partial charge is 0.332 e. The lowest BCUT2D eigenvalue weighted by Crippen LogP contribution is -2.37. The van der Waals surface area contributed by atoms with Crippen LogP contribution in [0.5, 0.6) is 0 Å². The maximum atomic E-state index is 12.5. The Bertz CT molecular complexity index is 1390. The second-order valence-corrected chi connectivity index (χ2v) is 8.47. The quantitative estimate of drug-likeness (QED) is 0.506. The van der Waals surface area contributed by atoms with Crippen molar-refractivity contribution in [2.24, 2.45) is 14.1 Å². The molecule has 0 radical (unpaired) electrons. The molecule has 0 aliphatic carbocycles. The minimum absolute atomic E-state index is 0.151. The Morgan fingerprint density at radius 3 is 2.48 bits per heavy atom. The van der Waals surface area contributed by atoms with E-state index in [1.807, 2.05) is 12.1 Å². The van der Waals surface area contributed by atoms with Crippen LogP contribution in [-0.2, 0) is 25.4 Å². The van der Waals surface area contributed by atoms with Gasteiger partial charge in [0.05, 0.1) is 6.33 Å². The molecule has 4 aromatic rings. The number of benzene rings is 1. The molecule has 0 spiro atoms. The van der Waals surface area contributed by atoms with E-state index in [2.05, 4.69) is 46.5 Å². The van der Waals surface area contributed by atoms with Crippen molar-refractivity contribution in [1.82, 2.24) is 28.9 Å². The predicted molar refractivity (Wildman–Crippen MR) is 118 cm³/mol. The second-order valence-electron chi connectivity index (χ2n) is 7.49. The summed E-state index contributed by atoms with van der Waals surface area (Å²) in [5.41, 5.74) is 1.58. The lowest BCUT2D eigenvalue weighted by molar-refractivity contribution is -0.116. The van der Waals surface area contributed by atoms with Gasteiger partial charge in [-0.3, -0.25) is 24.0 Å². The van der Waals surface area contributed by atoms with Gasteiger partial charge >= 0.3 is 5.69 Å². The summed E-state index contributed by atoms with van der Waals surface area (Å²) in [7, 11) is 2.91. The number of fused-ring (bicyclic) bond motifs is 1. The second kappa shape index (κ2) is 7.91. The van der Waals surface area contributed by atoms with Crippen LogP contribution in [0.2, 0.25) is 0 Å². The summed E-state index contributed by atoms with van der Waals surface area (Å²) in [5.74, 6) is 0.0601. The first-order chi connectivity index (χ1) is 14.8. The van der Waals surface area contributed by atoms with Gasteiger partial charge in [-0.05, 0) is 11.5 Å². The standard InChI is InChI=1S/C20H21N7O3S/c1-11(2)12-5-7-13(8-6-12)17-23-24-19(31-17)22-14(28)9-27-10-21-16-15(27)18(29)26(4)20(30)25(16)3/h5-8,10-11H,9H2,1-4H3,(H,22,24,28). The van der Waals surface area contributed by atoms with E-state index in [0.29, 0.717) is 16.1 Å². The summed E-state index contributed by atoms with van der Waals surface area (Å²) in [5, 5.41) is 12.0. The fourth-order valence-corrected chi connectivity index (χ4v) is 4.00. The SMILES string of the molecule is CC(C)c1ccc(-c2nnc(NC(=O)Cn3cnc4c3c(=O)n(C)c(=O)n4C)s2)cc1. The van der Waals surface area contributed by atoms with E-state index in [1.54, 1.807) is 0 Å². The minimum Gasteiger partial charge on any atom is -0.315 e. The van der Waals surface area contributed by atoms with Crippen LogP contribution in [0.15, 0.2) is 40.2 Å². The Kier molecular flexibility index (Phi) is 5.27. The molecule has 10 nitrogen and oxygen atoms in total. The Morgan fingerprint density at radius 1 is 1.10 bits per heavy atom. The molecule has 0 aliphatic heterocycles. The van der Waals surface area contributed by atoms with Crippen LogP contribution in [0.4, 0.5) is 5.13 Å². The summed E-state index contributed by atoms with van der Waals surface area (Å²) >= 11 is 1.26. The highest BCUT2D eigenvalue weighted by Crippen LogP contribution is 2.27. The molecule has 3 heterocycles. The van der Waals surface area contributed by atoms with Crippen LogP contribution in [0.3, 0.4) is 0 Å². The summed E-state index contributed by atoms with van der Waals surface area (Å²) in [4.78, 5) is 41.2. The van der Waals surface area contributed by atoms with Gasteiger partial charge in [-0.15, -0.1) is 10.2 Å². The van der Waals surface area contributed by atoms with Gasteiger partial charge in [-0.2, -0.15) is 0 Å². The maximum Gasteiger partial charge on any atom is 0.332 e. The van der Waals surface area contributed by atoms with Gasteiger partial charge in [0.25, 0.3) is 5.56 Å². The smallest absolute Gasteiger partial charge is 0.315 e. The molecule has 0 unspecified atom stereocenters. The third kappa shape index (κ3) is 3.79. The van der Waals surface area contributed by atoms with Crippen LogP contribution < -0.4 is 16.6 Å². The van der Waals surface area contributed by atoms with E-state index in [1.165, 1.54) is 46.5 Å². The van der Waals surface area contributed by atoms with Crippen LogP contribution in [0, 0.1) is 0 Å². The first kappa shape index (κ1) is 20.7. The van der Waals surface area contributed by atoms with Gasteiger partial charge in [0.2, 0.25) is 11.0 Å². The van der Waals surface area contributed by atoms with Gasteiger partial charge in [-0.1, -0.05) is 49.4 Å². The molecule has 31 heavy (non-hydrogen) atoms. The monoisotopic (exact) mass is 439 g/mol. The number of hydrogen-bond donors (Lipinski definition) is 1. The number of aromatic nitrogens is 6. The van der Waals surface area contributed by atoms with Crippen LogP contribution >= 0.6 is 11.3 Å². The average molecular weight is 440 g/mol. The average Bonchev–Trinajstić information content (AvgIpc) is 3.38. The Morgan fingerprint density at radius 2 is 1.81 bits per heavy atom. The van der Waals surface area contributed by atoms with E-state index in [-0.39, 0.29) is 23.6 Å². The molecule has 1 amide bonds. The summed E-state index contributed by atoms with van der Waals surface area (Å²) < 4.78 is 3.67. The van der Waals surface area contributed by atoms with Crippen molar-refractivity contribution in [1.29, 1.82) is 0 Å². The Balaban J connectivity index is 1.53. The number of imidazole rings is 1. The van der Waals surface area contributed by atoms with E-state index in [0.717, 1.165) is 10.1 Å². The number of nitrogens with zero attached hydrogens (tertiary/aromatic N) is 6. The topological polar surface area (TPSA) is 117 Å². The Hall–Kier alpha value is -3.60. The number of carbonyl (C=O) groups is 1. The first-order valence-corrected chi connectivity index (χ1v) is 10.4. The number of amides is 1. The van der Waals surface area contributed by atoms with Crippen molar-refractivity contribution < 1.29 is 4.79 Å². The molecule has 0 aliphatic rings. The molecule has 3 aromatic heterocycles. The molecule has 160 valence electrons. The van der Waals surface area contributed by atoms with E-state index < -0.39 is 11.2 Å². The lowest BCUT2D eigenvalue weighted by Gasteiger charge is -2.06. The molecular weight excluding hydrogens is 418 g/mol. The number of aryl methyl sites for hydroxylation is 1. The third-order valence-corrected chi connectivity index (χ3v) is 5.91. The molecule has 4 rings (SSSR count). The molecule has 0 saturated heterocycles. The highest BCUT2D eigenvalue weighted by atomic mass is 32.1. The Labute approximate surface area is 180 Å². The highest BCUT2D eigenvalue weighted by molar-refractivity contribution is 7.18. The molecule has 11 heteroatoms. The van der Waals surface area contributed by atoms with Crippen molar-refractivity contribution in [3.8, 4) is 10.6 Å². The van der Waals surface area contributed by atoms with Gasteiger partial charge in [0.1, 0.15) is 11.6 Å². The summed E-state index contributed by atoms with van der Waals surface area (Å²) in [6, 6.07) is 8.08. The zero-order chi connectivity index (χ0) is 22.3. The van der Waals surface area contributed by atoms with E-state index >= 15 is 0 Å². The fourth-order valence-electron chi connectivity index (χ4n) is 3.23. The number of carbonyl (C=O) groups excluding carboxylic acids is 1. The van der Waals surface area contributed by atoms with Crippen molar-refractivity contribution in [3.05, 3.63) is 57.0 Å². The van der Waals surface area contributed by atoms with E-state index in [9.17, 15) is 14.4 Å². The molecule has 1 N–H and O–H groups in total. The first-order valence-electron chi connectivity index (χ1n) is 9.60. The number of hydrogen-bond acceptors (Lipinski definition) is 7. The van der Waals surface area contributed by atoms with Gasteiger partial charge in [-0.25, -0.2) is 9.78 Å². The zero-order valence-corrected chi connectivity index (χ0v) is 18.3. The number of anilines is 1. The highest BCUT2D eigenvalue weighted by Gasteiger charge is 2.17. The summed E-state index contributed by atoms with van der Waals surface area (Å²) in [6.07, 6.45) is 1.37. The van der Waals surface area contributed by atoms with Crippen LogP contribution in [0.1, 0.15) is 25.3 Å². The zero-order valence-electron chi connectivity index (χ0n) is 17.5. The van der Waals surface area contributed by atoms with Crippen molar-refractivity contribution in [2.75, 3.05) is 5.32 Å². The molecule has 0 fully saturated rings. The van der Waals surface area contributed by atoms with E-state index in [4.69, 9.17) is 0 Å². The minimum atomic E-state index is -0.508. The van der Waals surface area contributed by atoms with Crippen LogP contribution in [0.25, 0.3) is 21.7 Å². The van der Waals surface area contributed by atoms with Crippen molar-refractivity contribution in [2.45, 2.75) is 26.3 Å². The molecule has 0 atom stereocenters. The maximum absolute atomic E-state index is 12.5. The fraction of sp³-hybridized carbons (Fsp3) is 0.300. The molecular formula is C20H21N7O3S. The van der Waals surface area contributed by atoms with Gasteiger partial charge < -0.3 is 4.57 Å². The number of nitrogens with one attached hydrogen (secondary N) is 1. The predicted octanol–water partition coefficient (Wildman–Crippen LogP) is 1.71. The lowest BCUT2D eigenvalue weighted by atomic mass is 10.0. The normalized spacial score (nSPS) is 11.4. The van der Waals surface area contributed by atoms with Gasteiger partial charge in [0.15, 0.2) is 11.2 Å². The molecule has 0 saturated carbocycles.